The van der Waals surface area contributed by atoms with Gasteiger partial charge in [0.2, 0.25) is 0 Å². The van der Waals surface area contributed by atoms with Gasteiger partial charge in [0.05, 0.1) is 15.7 Å². The minimum Gasteiger partial charge on any atom is -0.347 e. The molecule has 23 heavy (non-hydrogen) atoms. The van der Waals surface area contributed by atoms with Crippen LogP contribution in [0.4, 0.5) is 0 Å². The van der Waals surface area contributed by atoms with Gasteiger partial charge in [0.1, 0.15) is 4.88 Å². The van der Waals surface area contributed by atoms with E-state index in [1.54, 1.807) is 6.07 Å². The van der Waals surface area contributed by atoms with Crippen LogP contribution >= 0.6 is 34.5 Å². The zero-order chi connectivity index (χ0) is 16.6. The summed E-state index contributed by atoms with van der Waals surface area (Å²) in [6, 6.07) is 5.53. The van der Waals surface area contributed by atoms with Crippen molar-refractivity contribution in [1.29, 1.82) is 0 Å². The minimum absolute atomic E-state index is 0.198. The number of benzene rings is 1. The summed E-state index contributed by atoms with van der Waals surface area (Å²) < 4.78 is 2.76. The molecule has 120 valence electrons. The van der Waals surface area contributed by atoms with Gasteiger partial charge in [-0.05, 0) is 26.0 Å². The molecule has 0 saturated carbocycles. The number of nitrogens with zero attached hydrogens (tertiary/aromatic N) is 2. The zero-order valence-electron chi connectivity index (χ0n) is 12.7. The average molecular weight is 368 g/mol. The van der Waals surface area contributed by atoms with Crippen LogP contribution in [0, 0.1) is 6.92 Å². The van der Waals surface area contributed by atoms with Crippen molar-refractivity contribution in [3.8, 4) is 0 Å². The van der Waals surface area contributed by atoms with Gasteiger partial charge >= 0.3 is 0 Å². The number of hydrogen-bond donors (Lipinski definition) is 1. The predicted molar refractivity (Wildman–Crippen MR) is 95.7 cm³/mol. The summed E-state index contributed by atoms with van der Waals surface area (Å²) in [5.74, 6) is -0.198. The zero-order valence-corrected chi connectivity index (χ0v) is 15.0. The lowest BCUT2D eigenvalue weighted by Gasteiger charge is -2.03. The van der Waals surface area contributed by atoms with E-state index in [1.165, 1.54) is 11.3 Å². The predicted octanol–water partition coefficient (Wildman–Crippen LogP) is 4.66. The monoisotopic (exact) mass is 367 g/mol. The molecule has 0 atom stereocenters. The quantitative estimate of drug-likeness (QED) is 0.728. The summed E-state index contributed by atoms with van der Waals surface area (Å²) in [7, 11) is 0. The largest absolute Gasteiger partial charge is 0.347 e. The van der Waals surface area contributed by atoms with Gasteiger partial charge in [0.25, 0.3) is 5.91 Å². The van der Waals surface area contributed by atoms with Crippen LogP contribution in [0.2, 0.25) is 10.0 Å². The van der Waals surface area contributed by atoms with Gasteiger partial charge in [-0.25, -0.2) is 0 Å². The number of aryl methyl sites for hydroxylation is 2. The number of nitrogens with one attached hydrogen (secondary N) is 1. The van der Waals surface area contributed by atoms with Crippen LogP contribution in [-0.4, -0.2) is 15.7 Å². The molecule has 1 aromatic carbocycles. The van der Waals surface area contributed by atoms with E-state index in [9.17, 15) is 4.79 Å². The highest BCUT2D eigenvalue weighted by atomic mass is 35.5. The van der Waals surface area contributed by atoms with Crippen LogP contribution in [0.15, 0.2) is 24.4 Å². The molecule has 0 unspecified atom stereocenters. The molecule has 0 radical (unpaired) electrons. The van der Waals surface area contributed by atoms with E-state index in [4.69, 9.17) is 23.2 Å². The first-order valence-corrected chi connectivity index (χ1v) is 8.76. The Labute approximate surface area is 148 Å². The SMILES string of the molecule is CCn1cc(CNC(=O)c2sc3cccc(Cl)c3c2Cl)c(C)n1. The molecule has 2 aromatic heterocycles. The summed E-state index contributed by atoms with van der Waals surface area (Å²) in [4.78, 5) is 12.9. The number of carbonyl (C=O) groups is 1. The van der Waals surface area contributed by atoms with Crippen molar-refractivity contribution in [2.24, 2.45) is 0 Å². The van der Waals surface area contributed by atoms with E-state index in [-0.39, 0.29) is 5.91 Å². The van der Waals surface area contributed by atoms with Crippen molar-refractivity contribution in [3.63, 3.8) is 0 Å². The number of rotatable bonds is 4. The molecule has 0 saturated heterocycles. The van der Waals surface area contributed by atoms with E-state index >= 15 is 0 Å². The van der Waals surface area contributed by atoms with Crippen molar-refractivity contribution in [1.82, 2.24) is 15.1 Å². The van der Waals surface area contributed by atoms with Crippen molar-refractivity contribution in [2.75, 3.05) is 0 Å². The van der Waals surface area contributed by atoms with Crippen LogP contribution in [0.1, 0.15) is 27.9 Å². The van der Waals surface area contributed by atoms with Crippen LogP contribution in [-0.2, 0) is 13.1 Å². The second-order valence-corrected chi connectivity index (χ2v) is 6.97. The smallest absolute Gasteiger partial charge is 0.263 e. The Morgan fingerprint density at radius 3 is 2.83 bits per heavy atom. The summed E-state index contributed by atoms with van der Waals surface area (Å²) in [6.45, 7) is 5.17. The number of thiophene rings is 1. The molecule has 0 bridgehead atoms. The normalized spacial score (nSPS) is 11.1. The molecular weight excluding hydrogens is 353 g/mol. The number of fused-ring (bicyclic) bond motifs is 1. The Morgan fingerprint density at radius 2 is 2.17 bits per heavy atom. The number of halogens is 2. The molecule has 0 aliphatic heterocycles. The molecule has 2 heterocycles. The third kappa shape index (κ3) is 3.09. The number of hydrogen-bond acceptors (Lipinski definition) is 3. The van der Waals surface area contributed by atoms with E-state index in [1.807, 2.05) is 36.9 Å². The molecule has 0 aliphatic rings. The molecule has 1 amide bonds. The van der Waals surface area contributed by atoms with E-state index in [2.05, 4.69) is 10.4 Å². The molecule has 0 fully saturated rings. The Bertz CT molecular complexity index is 885. The number of amides is 1. The summed E-state index contributed by atoms with van der Waals surface area (Å²) >= 11 is 13.9. The first kappa shape index (κ1) is 16.3. The van der Waals surface area contributed by atoms with Crippen LogP contribution < -0.4 is 5.32 Å². The fourth-order valence-corrected chi connectivity index (χ4v) is 4.24. The fraction of sp³-hybridized carbons (Fsp3) is 0.250. The summed E-state index contributed by atoms with van der Waals surface area (Å²) in [5, 5.41) is 8.98. The fourth-order valence-electron chi connectivity index (χ4n) is 2.37. The lowest BCUT2D eigenvalue weighted by atomic mass is 10.2. The standard InChI is InChI=1S/C16H15Cl2N3OS/c1-3-21-8-10(9(2)20-21)7-19-16(22)15-14(18)13-11(17)5-4-6-12(13)23-15/h4-6,8H,3,7H2,1-2H3,(H,19,22). The Balaban J connectivity index is 1.82. The van der Waals surface area contributed by atoms with Gasteiger partial charge in [0, 0.05) is 34.9 Å². The summed E-state index contributed by atoms with van der Waals surface area (Å²) in [6.07, 6.45) is 1.94. The molecular formula is C16H15Cl2N3OS. The Hall–Kier alpha value is -1.56. The van der Waals surface area contributed by atoms with Gasteiger partial charge < -0.3 is 5.32 Å². The second-order valence-electron chi connectivity index (χ2n) is 5.14. The summed E-state index contributed by atoms with van der Waals surface area (Å²) in [5.41, 5.74) is 1.91. The maximum Gasteiger partial charge on any atom is 0.263 e. The van der Waals surface area contributed by atoms with Crippen LogP contribution in [0.3, 0.4) is 0 Å². The van der Waals surface area contributed by atoms with E-state index < -0.39 is 0 Å². The highest BCUT2D eigenvalue weighted by Gasteiger charge is 2.19. The Morgan fingerprint density at radius 1 is 1.39 bits per heavy atom. The van der Waals surface area contributed by atoms with Crippen molar-refractivity contribution >= 4 is 50.5 Å². The molecule has 3 aromatic rings. The molecule has 0 spiro atoms. The molecule has 0 aliphatic carbocycles. The third-order valence-corrected chi connectivity index (χ3v) is 5.58. The molecule has 1 N–H and O–H groups in total. The topological polar surface area (TPSA) is 46.9 Å². The average Bonchev–Trinajstić information content (AvgIpc) is 3.06. The van der Waals surface area contributed by atoms with Gasteiger partial charge in [0.15, 0.2) is 0 Å². The lowest BCUT2D eigenvalue weighted by Crippen LogP contribution is -2.22. The molecule has 4 nitrogen and oxygen atoms in total. The lowest BCUT2D eigenvalue weighted by molar-refractivity contribution is 0.0955. The maximum absolute atomic E-state index is 12.5. The van der Waals surface area contributed by atoms with Crippen molar-refractivity contribution in [2.45, 2.75) is 26.9 Å². The minimum atomic E-state index is -0.198. The van der Waals surface area contributed by atoms with Gasteiger partial charge in [-0.2, -0.15) is 5.10 Å². The number of aromatic nitrogens is 2. The van der Waals surface area contributed by atoms with E-state index in [0.29, 0.717) is 21.5 Å². The van der Waals surface area contributed by atoms with E-state index in [0.717, 1.165) is 27.9 Å². The molecule has 3 rings (SSSR count). The van der Waals surface area contributed by atoms with Crippen molar-refractivity contribution < 1.29 is 4.79 Å². The van der Waals surface area contributed by atoms with Crippen LogP contribution in [0.25, 0.3) is 10.1 Å². The highest BCUT2D eigenvalue weighted by Crippen LogP contribution is 2.39. The van der Waals surface area contributed by atoms with Gasteiger partial charge in [-0.3, -0.25) is 9.48 Å². The molecule has 7 heteroatoms. The van der Waals surface area contributed by atoms with Crippen molar-refractivity contribution in [3.05, 3.63) is 50.6 Å². The third-order valence-electron chi connectivity index (χ3n) is 3.62. The van der Waals surface area contributed by atoms with Crippen LogP contribution in [0.5, 0.6) is 0 Å². The first-order valence-electron chi connectivity index (χ1n) is 7.19. The second kappa shape index (κ2) is 6.51. The first-order chi connectivity index (χ1) is 11.0. The van der Waals surface area contributed by atoms with Gasteiger partial charge in [-0.15, -0.1) is 11.3 Å². The van der Waals surface area contributed by atoms with Gasteiger partial charge in [-0.1, -0.05) is 29.3 Å². The maximum atomic E-state index is 12.5. The Kier molecular flexibility index (Phi) is 4.62. The highest BCUT2D eigenvalue weighted by molar-refractivity contribution is 7.21. The number of carbonyl (C=O) groups excluding carboxylic acids is 1.